The van der Waals surface area contributed by atoms with E-state index in [0.29, 0.717) is 6.04 Å². The van der Waals surface area contributed by atoms with E-state index in [1.54, 1.807) is 0 Å². The number of nitriles is 1. The summed E-state index contributed by atoms with van der Waals surface area (Å²) in [4.78, 5) is 14.0. The Hall–Kier alpha value is -1.04. The van der Waals surface area contributed by atoms with Gasteiger partial charge in [-0.05, 0) is 39.0 Å². The first kappa shape index (κ1) is 9.51. The molecule has 1 aliphatic carbocycles. The quantitative estimate of drug-likeness (QED) is 0.634. The van der Waals surface area contributed by atoms with Crippen LogP contribution in [0.3, 0.4) is 0 Å². The van der Waals surface area contributed by atoms with Crippen molar-refractivity contribution < 1.29 is 4.79 Å². The van der Waals surface area contributed by atoms with E-state index < -0.39 is 5.41 Å². The third kappa shape index (κ3) is 1.21. The van der Waals surface area contributed by atoms with Crippen molar-refractivity contribution in [1.29, 1.82) is 5.26 Å². The number of rotatable bonds is 1. The van der Waals surface area contributed by atoms with Crippen molar-refractivity contribution >= 4 is 5.91 Å². The highest BCUT2D eigenvalue weighted by molar-refractivity contribution is 5.86. The Kier molecular flexibility index (Phi) is 2.22. The van der Waals surface area contributed by atoms with Gasteiger partial charge in [0.05, 0.1) is 6.07 Å². The minimum Gasteiger partial charge on any atom is -0.339 e. The van der Waals surface area contributed by atoms with Crippen molar-refractivity contribution in [3.05, 3.63) is 0 Å². The molecule has 1 unspecified atom stereocenters. The summed E-state index contributed by atoms with van der Waals surface area (Å²) >= 11 is 0. The summed E-state index contributed by atoms with van der Waals surface area (Å²) in [7, 11) is 0. The van der Waals surface area contributed by atoms with Crippen LogP contribution in [0.25, 0.3) is 0 Å². The average Bonchev–Trinajstić information content (AvgIpc) is 2.50. The lowest BCUT2D eigenvalue weighted by molar-refractivity contribution is -0.143. The van der Waals surface area contributed by atoms with Gasteiger partial charge < -0.3 is 4.90 Å². The molecule has 0 radical (unpaired) electrons. The third-order valence-electron chi connectivity index (χ3n) is 3.64. The maximum Gasteiger partial charge on any atom is 0.243 e. The van der Waals surface area contributed by atoms with Crippen LogP contribution >= 0.6 is 0 Å². The molecule has 0 N–H and O–H groups in total. The van der Waals surface area contributed by atoms with Gasteiger partial charge in [0.25, 0.3) is 0 Å². The fourth-order valence-corrected chi connectivity index (χ4v) is 2.41. The van der Waals surface area contributed by atoms with E-state index in [4.69, 9.17) is 5.26 Å². The fraction of sp³-hybridized carbons (Fsp3) is 0.818. The lowest BCUT2D eigenvalue weighted by Gasteiger charge is -2.38. The molecule has 0 aromatic rings. The molecule has 1 amide bonds. The predicted molar refractivity (Wildman–Crippen MR) is 52.3 cm³/mol. The van der Waals surface area contributed by atoms with E-state index in [-0.39, 0.29) is 5.91 Å². The minimum atomic E-state index is -0.640. The molecule has 2 fully saturated rings. The Morgan fingerprint density at radius 3 is 2.57 bits per heavy atom. The van der Waals surface area contributed by atoms with Crippen LogP contribution < -0.4 is 0 Å². The molecule has 0 aromatic heterocycles. The van der Waals surface area contributed by atoms with Crippen molar-refractivity contribution in [2.24, 2.45) is 5.41 Å². The van der Waals surface area contributed by atoms with Crippen LogP contribution in [0, 0.1) is 16.7 Å². The largest absolute Gasteiger partial charge is 0.339 e. The third-order valence-corrected chi connectivity index (χ3v) is 3.64. The number of amides is 1. The highest BCUT2D eigenvalue weighted by atomic mass is 16.2. The maximum absolute atomic E-state index is 12.1. The Morgan fingerprint density at radius 1 is 1.50 bits per heavy atom. The zero-order valence-corrected chi connectivity index (χ0v) is 8.62. The lowest BCUT2D eigenvalue weighted by atomic mass is 9.69. The summed E-state index contributed by atoms with van der Waals surface area (Å²) in [6.07, 6.45) is 4.75. The van der Waals surface area contributed by atoms with Gasteiger partial charge in [-0.15, -0.1) is 0 Å². The molecule has 76 valence electrons. The Bertz CT molecular complexity index is 288. The lowest BCUT2D eigenvalue weighted by Crippen LogP contribution is -2.48. The molecule has 3 nitrogen and oxygen atoms in total. The zero-order valence-electron chi connectivity index (χ0n) is 8.62. The summed E-state index contributed by atoms with van der Waals surface area (Å²) in [5, 5.41) is 9.06. The Labute approximate surface area is 84.7 Å². The molecule has 1 aliphatic heterocycles. The average molecular weight is 192 g/mol. The van der Waals surface area contributed by atoms with Crippen LogP contribution in [-0.4, -0.2) is 23.4 Å². The van der Waals surface area contributed by atoms with Crippen LogP contribution in [0.1, 0.15) is 39.0 Å². The molecule has 1 heterocycles. The van der Waals surface area contributed by atoms with E-state index in [1.807, 2.05) is 4.90 Å². The first-order valence-corrected chi connectivity index (χ1v) is 5.42. The van der Waals surface area contributed by atoms with Crippen molar-refractivity contribution in [2.45, 2.75) is 45.1 Å². The topological polar surface area (TPSA) is 44.1 Å². The number of carbonyl (C=O) groups excluding carboxylic acids is 1. The second-order valence-corrected chi connectivity index (χ2v) is 4.54. The summed E-state index contributed by atoms with van der Waals surface area (Å²) in [5.74, 6) is 0.0938. The van der Waals surface area contributed by atoms with Crippen LogP contribution in [0.4, 0.5) is 0 Å². The van der Waals surface area contributed by atoms with Crippen molar-refractivity contribution in [1.82, 2.24) is 4.90 Å². The molecule has 1 saturated heterocycles. The first-order chi connectivity index (χ1) is 6.69. The number of hydrogen-bond acceptors (Lipinski definition) is 2. The van der Waals surface area contributed by atoms with E-state index in [9.17, 15) is 4.79 Å². The minimum absolute atomic E-state index is 0.0938. The second-order valence-electron chi connectivity index (χ2n) is 4.54. The van der Waals surface area contributed by atoms with E-state index in [0.717, 1.165) is 38.6 Å². The van der Waals surface area contributed by atoms with E-state index in [2.05, 4.69) is 13.0 Å². The SMILES string of the molecule is CC1CCCN1C(=O)C1(C#N)CCC1. The zero-order chi connectivity index (χ0) is 10.2. The summed E-state index contributed by atoms with van der Waals surface area (Å²) in [6.45, 7) is 2.93. The van der Waals surface area contributed by atoms with Gasteiger partial charge in [-0.25, -0.2) is 0 Å². The van der Waals surface area contributed by atoms with Gasteiger partial charge >= 0.3 is 0 Å². The van der Waals surface area contributed by atoms with Crippen LogP contribution in [0.2, 0.25) is 0 Å². The maximum atomic E-state index is 12.1. The molecule has 1 saturated carbocycles. The van der Waals surface area contributed by atoms with Gasteiger partial charge in [-0.1, -0.05) is 0 Å². The van der Waals surface area contributed by atoms with Crippen molar-refractivity contribution in [3.8, 4) is 6.07 Å². The van der Waals surface area contributed by atoms with E-state index in [1.165, 1.54) is 0 Å². The second kappa shape index (κ2) is 3.27. The van der Waals surface area contributed by atoms with Crippen LogP contribution in [-0.2, 0) is 4.79 Å². The molecular formula is C11H16N2O. The highest BCUT2D eigenvalue weighted by Crippen LogP contribution is 2.43. The molecule has 14 heavy (non-hydrogen) atoms. The number of nitrogens with zero attached hydrogens (tertiary/aromatic N) is 2. The predicted octanol–water partition coefficient (Wildman–Crippen LogP) is 1.69. The van der Waals surface area contributed by atoms with Gasteiger partial charge in [0, 0.05) is 12.6 Å². The molecule has 3 heteroatoms. The number of carbonyl (C=O) groups is 1. The summed E-state index contributed by atoms with van der Waals surface area (Å²) in [5.41, 5.74) is -0.640. The van der Waals surface area contributed by atoms with Gasteiger partial charge in [0.2, 0.25) is 5.91 Å². The summed E-state index contributed by atoms with van der Waals surface area (Å²) in [6, 6.07) is 2.56. The standard InChI is InChI=1S/C11H16N2O/c1-9-4-2-7-13(9)10(14)11(8-12)5-3-6-11/h9H,2-7H2,1H3. The number of hydrogen-bond donors (Lipinski definition) is 0. The molecule has 1 atom stereocenters. The molecular weight excluding hydrogens is 176 g/mol. The Morgan fingerprint density at radius 2 is 2.21 bits per heavy atom. The Balaban J connectivity index is 2.11. The monoisotopic (exact) mass is 192 g/mol. The van der Waals surface area contributed by atoms with Gasteiger partial charge in [0.15, 0.2) is 0 Å². The normalized spacial score (nSPS) is 29.4. The van der Waals surface area contributed by atoms with E-state index >= 15 is 0 Å². The molecule has 0 bridgehead atoms. The van der Waals surface area contributed by atoms with Crippen molar-refractivity contribution in [2.75, 3.05) is 6.54 Å². The first-order valence-electron chi connectivity index (χ1n) is 5.42. The summed E-state index contributed by atoms with van der Waals surface area (Å²) < 4.78 is 0. The van der Waals surface area contributed by atoms with Crippen LogP contribution in [0.5, 0.6) is 0 Å². The molecule has 2 aliphatic rings. The fourth-order valence-electron chi connectivity index (χ4n) is 2.41. The van der Waals surface area contributed by atoms with Gasteiger partial charge in [0.1, 0.15) is 5.41 Å². The van der Waals surface area contributed by atoms with Crippen molar-refractivity contribution in [3.63, 3.8) is 0 Å². The highest BCUT2D eigenvalue weighted by Gasteiger charge is 2.48. The molecule has 0 aromatic carbocycles. The van der Waals surface area contributed by atoms with Gasteiger partial charge in [-0.3, -0.25) is 4.79 Å². The molecule has 2 rings (SSSR count). The number of likely N-dealkylation sites (tertiary alicyclic amines) is 1. The van der Waals surface area contributed by atoms with Crippen LogP contribution in [0.15, 0.2) is 0 Å². The molecule has 0 spiro atoms. The smallest absolute Gasteiger partial charge is 0.243 e. The van der Waals surface area contributed by atoms with Gasteiger partial charge in [-0.2, -0.15) is 5.26 Å².